The number of hydrogen-bond donors (Lipinski definition) is 0. The van der Waals surface area contributed by atoms with Crippen molar-refractivity contribution in [1.29, 1.82) is 0 Å². The molecule has 2 nitrogen and oxygen atoms in total. The van der Waals surface area contributed by atoms with E-state index in [-0.39, 0.29) is 0 Å². The monoisotopic (exact) mass is 938 g/mol. The quantitative estimate of drug-likeness (QED) is 0.161. The zero-order valence-corrected chi connectivity index (χ0v) is 40.5. The van der Waals surface area contributed by atoms with E-state index in [2.05, 4.69) is 289 Å². The minimum absolute atomic E-state index is 0.563. The third-order valence-electron chi connectivity index (χ3n) is 16.9. The average molecular weight is 939 g/mol. The van der Waals surface area contributed by atoms with Gasteiger partial charge in [0.25, 0.3) is 0 Å². The van der Waals surface area contributed by atoms with Crippen molar-refractivity contribution in [1.82, 2.24) is 4.57 Å². The summed E-state index contributed by atoms with van der Waals surface area (Å²) in [5, 5.41) is 5.04. The Bertz CT molecular complexity index is 4390. The molecule has 2 heteroatoms. The minimum Gasteiger partial charge on any atom is -0.310 e. The third kappa shape index (κ3) is 5.33. The lowest BCUT2D eigenvalue weighted by Gasteiger charge is -2.39. The SMILES string of the molecule is c1ccc(C2(c3ccccc3)c3ccccc3-c3ccc(N(c4ccc(-c5cccc6ccccc56)cc4)c4cccc5c4-c4ccccc4C54c5ccccc5-n5c6ccccc6c6cccc4c65)cc32)cc1. The van der Waals surface area contributed by atoms with Gasteiger partial charge in [-0.3, -0.25) is 0 Å². The van der Waals surface area contributed by atoms with Crippen LogP contribution in [0.3, 0.4) is 0 Å². The summed E-state index contributed by atoms with van der Waals surface area (Å²) in [5.74, 6) is 0. The van der Waals surface area contributed by atoms with Gasteiger partial charge in [-0.1, -0.05) is 237 Å². The van der Waals surface area contributed by atoms with Crippen molar-refractivity contribution in [2.45, 2.75) is 10.8 Å². The van der Waals surface area contributed by atoms with Crippen molar-refractivity contribution < 1.29 is 0 Å². The van der Waals surface area contributed by atoms with Gasteiger partial charge in [-0.15, -0.1) is 0 Å². The fourth-order valence-corrected chi connectivity index (χ4v) is 14.0. The summed E-state index contributed by atoms with van der Waals surface area (Å²) >= 11 is 0. The number of aromatic nitrogens is 1. The van der Waals surface area contributed by atoms with Gasteiger partial charge < -0.3 is 9.47 Å². The number of benzene rings is 12. The van der Waals surface area contributed by atoms with Crippen molar-refractivity contribution in [2.24, 2.45) is 0 Å². The molecule has 344 valence electrons. The lowest BCUT2D eigenvalue weighted by atomic mass is 9.65. The molecule has 0 radical (unpaired) electrons. The van der Waals surface area contributed by atoms with Crippen LogP contribution in [0.25, 0.3) is 71.6 Å². The van der Waals surface area contributed by atoms with Gasteiger partial charge in [0.2, 0.25) is 0 Å². The van der Waals surface area contributed by atoms with E-state index in [1.165, 1.54) is 116 Å². The van der Waals surface area contributed by atoms with E-state index in [1.807, 2.05) is 0 Å². The molecule has 1 unspecified atom stereocenters. The summed E-state index contributed by atoms with van der Waals surface area (Å²) < 4.78 is 2.53. The van der Waals surface area contributed by atoms with Crippen LogP contribution >= 0.6 is 0 Å². The Morgan fingerprint density at radius 2 is 0.851 bits per heavy atom. The van der Waals surface area contributed by atoms with Gasteiger partial charge in [0.1, 0.15) is 0 Å². The van der Waals surface area contributed by atoms with Crippen molar-refractivity contribution in [3.8, 4) is 39.1 Å². The largest absolute Gasteiger partial charge is 0.310 e. The van der Waals surface area contributed by atoms with E-state index in [1.54, 1.807) is 0 Å². The highest BCUT2D eigenvalue weighted by molar-refractivity contribution is 6.13. The van der Waals surface area contributed by atoms with E-state index in [0.717, 1.165) is 17.1 Å². The fourth-order valence-electron chi connectivity index (χ4n) is 14.0. The van der Waals surface area contributed by atoms with Crippen molar-refractivity contribution in [2.75, 3.05) is 4.90 Å². The summed E-state index contributed by atoms with van der Waals surface area (Å²) in [6, 6.07) is 105. The molecular weight excluding hydrogens is 893 g/mol. The van der Waals surface area contributed by atoms with E-state index in [4.69, 9.17) is 0 Å². The second kappa shape index (κ2) is 15.5. The molecule has 3 aliphatic rings. The Morgan fingerprint density at radius 1 is 0.311 bits per heavy atom. The maximum atomic E-state index is 2.55. The van der Waals surface area contributed by atoms with Crippen LogP contribution in [-0.4, -0.2) is 4.57 Å². The van der Waals surface area contributed by atoms with Gasteiger partial charge in [0.05, 0.1) is 33.2 Å². The molecule has 1 aliphatic heterocycles. The molecule has 13 aromatic rings. The number of hydrogen-bond acceptors (Lipinski definition) is 1. The highest BCUT2D eigenvalue weighted by Crippen LogP contribution is 2.64. The molecular formula is C72H46N2. The number of para-hydroxylation sites is 3. The van der Waals surface area contributed by atoms with Gasteiger partial charge in [0, 0.05) is 27.7 Å². The first-order valence-corrected chi connectivity index (χ1v) is 25.8. The molecule has 12 aromatic carbocycles. The molecule has 2 heterocycles. The number of fused-ring (bicyclic) bond motifs is 16. The first-order chi connectivity index (χ1) is 36.7. The fraction of sp³-hybridized carbons (Fsp3) is 0.0278. The van der Waals surface area contributed by atoms with Crippen molar-refractivity contribution >= 4 is 49.6 Å². The molecule has 0 saturated carbocycles. The van der Waals surface area contributed by atoms with Gasteiger partial charge in [0.15, 0.2) is 0 Å². The minimum atomic E-state index is -0.596. The molecule has 0 amide bonds. The maximum Gasteiger partial charge on any atom is 0.0755 e. The third-order valence-corrected chi connectivity index (χ3v) is 16.9. The second-order valence-corrected chi connectivity index (χ2v) is 20.2. The molecule has 16 rings (SSSR count). The van der Waals surface area contributed by atoms with Crippen LogP contribution < -0.4 is 4.90 Å². The average Bonchev–Trinajstić information content (AvgIpc) is 4.15. The number of rotatable bonds is 6. The molecule has 74 heavy (non-hydrogen) atoms. The molecule has 1 atom stereocenters. The Balaban J connectivity index is 0.992. The van der Waals surface area contributed by atoms with Gasteiger partial charge in [-0.05, 0) is 126 Å². The first-order valence-electron chi connectivity index (χ1n) is 25.8. The van der Waals surface area contributed by atoms with Crippen LogP contribution in [-0.2, 0) is 10.8 Å². The normalized spacial score (nSPS) is 15.2. The summed E-state index contributed by atoms with van der Waals surface area (Å²) in [6.45, 7) is 0. The Labute approximate surface area is 430 Å². The van der Waals surface area contributed by atoms with Gasteiger partial charge in [-0.25, -0.2) is 0 Å². The zero-order valence-electron chi connectivity index (χ0n) is 40.5. The standard InChI is InChI=1S/C72H46N2/c1-3-22-49(23-4-1)71(50-24-5-2-6-25-50)60-32-12-9-27-55(60)56-45-44-52(46-65(56)71)73(51-42-40-48(41-43-51)54-30-17-21-47-20-7-8-26-53(47)54)68-39-19-35-63-69(68)59-29-10-13-33-61(59)72(63)62-34-14-16-38-67(62)74-66-37-15-11-28-57(66)58-31-18-36-64(72)70(58)74/h1-46H. The Morgan fingerprint density at radius 3 is 1.65 bits per heavy atom. The van der Waals surface area contributed by atoms with Gasteiger partial charge in [-0.2, -0.15) is 0 Å². The summed E-state index contributed by atoms with van der Waals surface area (Å²) in [4.78, 5) is 2.55. The Hall–Kier alpha value is -9.50. The highest BCUT2D eigenvalue weighted by Gasteiger charge is 2.52. The predicted octanol–water partition coefficient (Wildman–Crippen LogP) is 18.1. The first kappa shape index (κ1) is 41.2. The van der Waals surface area contributed by atoms with Gasteiger partial charge >= 0.3 is 0 Å². The van der Waals surface area contributed by atoms with Crippen LogP contribution in [0.4, 0.5) is 17.1 Å². The maximum absolute atomic E-state index is 2.55. The molecule has 1 aromatic heterocycles. The molecule has 0 fully saturated rings. The van der Waals surface area contributed by atoms with E-state index >= 15 is 0 Å². The van der Waals surface area contributed by atoms with Crippen molar-refractivity contribution in [3.63, 3.8) is 0 Å². The molecule has 0 bridgehead atoms. The van der Waals surface area contributed by atoms with Crippen LogP contribution in [0.1, 0.15) is 44.5 Å². The number of nitrogens with zero attached hydrogens (tertiary/aromatic N) is 2. The lowest BCUT2D eigenvalue weighted by Crippen LogP contribution is -2.33. The van der Waals surface area contributed by atoms with E-state index in [0.29, 0.717) is 0 Å². The molecule has 0 N–H and O–H groups in total. The summed E-state index contributed by atoms with van der Waals surface area (Å²) in [7, 11) is 0. The molecule has 1 spiro atoms. The second-order valence-electron chi connectivity index (χ2n) is 20.2. The summed E-state index contributed by atoms with van der Waals surface area (Å²) in [6.07, 6.45) is 0. The molecule has 0 saturated heterocycles. The van der Waals surface area contributed by atoms with Crippen LogP contribution in [0.2, 0.25) is 0 Å². The van der Waals surface area contributed by atoms with Crippen LogP contribution in [0.15, 0.2) is 279 Å². The van der Waals surface area contributed by atoms with E-state index < -0.39 is 10.8 Å². The predicted molar refractivity (Wildman–Crippen MR) is 307 cm³/mol. The summed E-state index contributed by atoms with van der Waals surface area (Å²) in [5.41, 5.74) is 23.6. The Kier molecular flexibility index (Phi) is 8.62. The lowest BCUT2D eigenvalue weighted by molar-refractivity contribution is 0.748. The highest BCUT2D eigenvalue weighted by atomic mass is 15.1. The number of anilines is 3. The van der Waals surface area contributed by atoms with Crippen LogP contribution in [0.5, 0.6) is 0 Å². The zero-order chi connectivity index (χ0) is 48.5. The topological polar surface area (TPSA) is 8.17 Å². The van der Waals surface area contributed by atoms with Crippen molar-refractivity contribution in [3.05, 3.63) is 324 Å². The van der Waals surface area contributed by atoms with E-state index in [9.17, 15) is 0 Å². The van der Waals surface area contributed by atoms with Crippen LogP contribution in [0, 0.1) is 0 Å². The smallest absolute Gasteiger partial charge is 0.0755 e. The molecule has 2 aliphatic carbocycles.